The van der Waals surface area contributed by atoms with Crippen LogP contribution in [0.1, 0.15) is 29.8 Å². The van der Waals surface area contributed by atoms with Crippen LogP contribution in [-0.2, 0) is 14.3 Å². The lowest BCUT2D eigenvalue weighted by Crippen LogP contribution is -2.07. The average Bonchev–Trinajstić information content (AvgIpc) is 2.68. The molecule has 0 saturated carbocycles. The fourth-order valence-corrected chi connectivity index (χ4v) is 2.41. The molecule has 0 saturated heterocycles. The van der Waals surface area contributed by atoms with Crippen LogP contribution in [0.2, 0.25) is 0 Å². The molecule has 27 heavy (non-hydrogen) atoms. The first-order valence-corrected chi connectivity index (χ1v) is 8.34. The quantitative estimate of drug-likeness (QED) is 0.466. The summed E-state index contributed by atoms with van der Waals surface area (Å²) in [5.41, 5.74) is 4.02. The van der Waals surface area contributed by atoms with Crippen molar-refractivity contribution in [3.8, 4) is 0 Å². The second-order valence-electron chi connectivity index (χ2n) is 5.55. The second-order valence-corrected chi connectivity index (χ2v) is 5.55. The monoisotopic (exact) mass is 367 g/mol. The fourth-order valence-electron chi connectivity index (χ4n) is 2.41. The normalized spacial score (nSPS) is 10.7. The Hall–Kier alpha value is -3.61. The Morgan fingerprint density at radius 3 is 2.19 bits per heavy atom. The molecule has 0 radical (unpaired) electrons. The number of esters is 1. The number of nitrogens with one attached hydrogen (secondary N) is 3. The van der Waals surface area contributed by atoms with Crippen LogP contribution in [-0.4, -0.2) is 25.4 Å². The van der Waals surface area contributed by atoms with Gasteiger partial charge in [0.2, 0.25) is 12.8 Å². The van der Waals surface area contributed by atoms with Crippen LogP contribution >= 0.6 is 0 Å². The second kappa shape index (κ2) is 9.76. The van der Waals surface area contributed by atoms with Crippen molar-refractivity contribution in [1.82, 2.24) is 0 Å². The summed E-state index contributed by atoms with van der Waals surface area (Å²) in [7, 11) is 0. The van der Waals surface area contributed by atoms with Gasteiger partial charge in [-0.05, 0) is 55.8 Å². The maximum atomic E-state index is 11.9. The zero-order valence-electron chi connectivity index (χ0n) is 15.1. The Bertz CT molecular complexity index is 845. The minimum Gasteiger partial charge on any atom is -0.462 e. The van der Waals surface area contributed by atoms with Crippen molar-refractivity contribution in [1.29, 1.82) is 0 Å². The van der Waals surface area contributed by atoms with E-state index in [0.29, 0.717) is 29.8 Å². The van der Waals surface area contributed by atoms with Gasteiger partial charge in [0.1, 0.15) is 0 Å². The number of carbonyl (C=O) groups is 3. The van der Waals surface area contributed by atoms with Crippen LogP contribution in [0.15, 0.2) is 48.7 Å². The lowest BCUT2D eigenvalue weighted by molar-refractivity contribution is -0.106. The van der Waals surface area contributed by atoms with Crippen LogP contribution in [0.5, 0.6) is 0 Å². The van der Waals surface area contributed by atoms with Crippen LogP contribution in [0.25, 0.3) is 5.57 Å². The molecule has 7 nitrogen and oxygen atoms in total. The number of carbonyl (C=O) groups excluding carboxylic acids is 3. The summed E-state index contributed by atoms with van der Waals surface area (Å²) < 4.78 is 4.98. The molecule has 2 aromatic rings. The summed E-state index contributed by atoms with van der Waals surface area (Å²) in [5.74, 6) is -0.443. The summed E-state index contributed by atoms with van der Waals surface area (Å²) in [6.07, 6.45) is 2.97. The molecule has 2 aromatic carbocycles. The summed E-state index contributed by atoms with van der Waals surface area (Å²) >= 11 is 0. The third-order valence-corrected chi connectivity index (χ3v) is 3.74. The fraction of sp³-hybridized carbons (Fsp3) is 0.150. The zero-order chi connectivity index (χ0) is 19.6. The predicted octanol–water partition coefficient (Wildman–Crippen LogP) is 3.47. The Morgan fingerprint density at radius 1 is 0.963 bits per heavy atom. The summed E-state index contributed by atoms with van der Waals surface area (Å²) in [6, 6.07) is 12.2. The highest BCUT2D eigenvalue weighted by atomic mass is 16.5. The molecule has 2 amide bonds. The Morgan fingerprint density at radius 2 is 1.59 bits per heavy atom. The van der Waals surface area contributed by atoms with Crippen molar-refractivity contribution in [2.24, 2.45) is 0 Å². The molecule has 0 spiro atoms. The van der Waals surface area contributed by atoms with E-state index in [1.807, 2.05) is 19.1 Å². The van der Waals surface area contributed by atoms with E-state index in [-0.39, 0.29) is 6.61 Å². The molecule has 0 aliphatic heterocycles. The molecule has 140 valence electrons. The molecule has 3 N–H and O–H groups in total. The Kier molecular flexibility index (Phi) is 7.13. The number of hydrogen-bond acceptors (Lipinski definition) is 5. The first-order chi connectivity index (χ1) is 13.1. The molecule has 0 aliphatic carbocycles. The average molecular weight is 367 g/mol. The standard InChI is InChI=1S/C20H21N3O4/c1-3-27-20(26)15-4-9-18(19(10-15)23-13-25)14(2)11-21-16-5-7-17(8-6-16)22-12-24/h4-13,21H,3H2,1-2H3,(H,22,24)(H,23,25)/b14-11+. The SMILES string of the molecule is CCOC(=O)c1ccc(/C(C)=C/Nc2ccc(NC=O)cc2)c(NC=O)c1. The van der Waals surface area contributed by atoms with E-state index in [4.69, 9.17) is 4.74 Å². The molecule has 0 aromatic heterocycles. The summed E-state index contributed by atoms with van der Waals surface area (Å²) in [6.45, 7) is 3.89. The van der Waals surface area contributed by atoms with Crippen LogP contribution < -0.4 is 16.0 Å². The number of hydrogen-bond donors (Lipinski definition) is 3. The number of rotatable bonds is 9. The highest BCUT2D eigenvalue weighted by molar-refractivity contribution is 5.93. The molecule has 0 fully saturated rings. The van der Waals surface area contributed by atoms with Gasteiger partial charge in [0, 0.05) is 28.8 Å². The van der Waals surface area contributed by atoms with E-state index in [1.54, 1.807) is 43.5 Å². The van der Waals surface area contributed by atoms with E-state index >= 15 is 0 Å². The molecule has 7 heteroatoms. The van der Waals surface area contributed by atoms with E-state index in [0.717, 1.165) is 16.8 Å². The number of ether oxygens (including phenoxy) is 1. The maximum absolute atomic E-state index is 11.9. The molecular weight excluding hydrogens is 346 g/mol. The first kappa shape index (κ1) is 19.7. The van der Waals surface area contributed by atoms with Gasteiger partial charge >= 0.3 is 5.97 Å². The Balaban J connectivity index is 2.21. The van der Waals surface area contributed by atoms with Gasteiger partial charge in [0.05, 0.1) is 12.2 Å². The molecule has 0 unspecified atom stereocenters. The van der Waals surface area contributed by atoms with Crippen molar-refractivity contribution >= 4 is 41.4 Å². The Labute approximate surface area is 157 Å². The number of anilines is 3. The smallest absolute Gasteiger partial charge is 0.338 e. The molecule has 0 aliphatic rings. The van der Waals surface area contributed by atoms with Gasteiger partial charge in [0.25, 0.3) is 0 Å². The lowest BCUT2D eigenvalue weighted by atomic mass is 10.0. The summed E-state index contributed by atoms with van der Waals surface area (Å²) in [4.78, 5) is 33.2. The molecule has 0 atom stereocenters. The van der Waals surface area contributed by atoms with Crippen LogP contribution in [0.3, 0.4) is 0 Å². The van der Waals surface area contributed by atoms with Crippen molar-refractivity contribution in [3.05, 3.63) is 59.8 Å². The van der Waals surface area contributed by atoms with Crippen molar-refractivity contribution in [2.75, 3.05) is 22.6 Å². The minimum atomic E-state index is -0.443. The molecule has 2 rings (SSSR count). The maximum Gasteiger partial charge on any atom is 0.338 e. The zero-order valence-corrected chi connectivity index (χ0v) is 15.1. The molecular formula is C20H21N3O4. The third-order valence-electron chi connectivity index (χ3n) is 3.74. The van der Waals surface area contributed by atoms with Gasteiger partial charge in [-0.2, -0.15) is 0 Å². The highest BCUT2D eigenvalue weighted by Gasteiger charge is 2.11. The van der Waals surface area contributed by atoms with Crippen molar-refractivity contribution in [3.63, 3.8) is 0 Å². The van der Waals surface area contributed by atoms with E-state index in [9.17, 15) is 14.4 Å². The largest absolute Gasteiger partial charge is 0.462 e. The van der Waals surface area contributed by atoms with Gasteiger partial charge in [0.15, 0.2) is 0 Å². The number of allylic oxidation sites excluding steroid dienone is 1. The van der Waals surface area contributed by atoms with Crippen LogP contribution in [0.4, 0.5) is 17.1 Å². The molecule has 0 heterocycles. The van der Waals surface area contributed by atoms with Crippen LogP contribution in [0, 0.1) is 0 Å². The number of amides is 2. The molecule has 0 bridgehead atoms. The van der Waals surface area contributed by atoms with Gasteiger partial charge in [-0.25, -0.2) is 4.79 Å². The lowest BCUT2D eigenvalue weighted by Gasteiger charge is -2.12. The van der Waals surface area contributed by atoms with E-state index < -0.39 is 5.97 Å². The highest BCUT2D eigenvalue weighted by Crippen LogP contribution is 2.25. The van der Waals surface area contributed by atoms with E-state index in [1.165, 1.54) is 0 Å². The first-order valence-electron chi connectivity index (χ1n) is 8.34. The van der Waals surface area contributed by atoms with Crippen molar-refractivity contribution < 1.29 is 19.1 Å². The summed E-state index contributed by atoms with van der Waals surface area (Å²) in [5, 5.41) is 8.34. The van der Waals surface area contributed by atoms with E-state index in [2.05, 4.69) is 16.0 Å². The van der Waals surface area contributed by atoms with Gasteiger partial charge in [-0.3, -0.25) is 9.59 Å². The predicted molar refractivity (Wildman–Crippen MR) is 105 cm³/mol. The van der Waals surface area contributed by atoms with Gasteiger partial charge in [-0.15, -0.1) is 0 Å². The number of benzene rings is 2. The van der Waals surface area contributed by atoms with Crippen molar-refractivity contribution in [2.45, 2.75) is 13.8 Å². The van der Waals surface area contributed by atoms with Gasteiger partial charge < -0.3 is 20.7 Å². The third kappa shape index (κ3) is 5.43. The minimum absolute atomic E-state index is 0.279. The van der Waals surface area contributed by atoms with Gasteiger partial charge in [-0.1, -0.05) is 6.07 Å². The topological polar surface area (TPSA) is 96.5 Å².